The van der Waals surface area contributed by atoms with Crippen molar-refractivity contribution in [1.29, 1.82) is 0 Å². The number of carboxylic acid groups (broad SMARTS) is 1. The molecule has 0 atom stereocenters. The van der Waals surface area contributed by atoms with E-state index < -0.39 is 11.9 Å². The molecule has 19 heavy (non-hydrogen) atoms. The Morgan fingerprint density at radius 2 is 1.74 bits per heavy atom. The summed E-state index contributed by atoms with van der Waals surface area (Å²) in [5.41, 5.74) is 0.470. The summed E-state index contributed by atoms with van der Waals surface area (Å²) in [5, 5.41) is 12.5. The number of nitrogens with zero attached hydrogens (tertiary/aromatic N) is 4. The summed E-state index contributed by atoms with van der Waals surface area (Å²) in [6.45, 7) is 1.11. The molecule has 0 aromatic carbocycles. The van der Waals surface area contributed by atoms with E-state index in [1.54, 1.807) is 18.0 Å². The normalized spacial score (nSPS) is 15.4. The molecule has 0 spiro atoms. The van der Waals surface area contributed by atoms with Gasteiger partial charge in [-0.1, -0.05) is 0 Å². The molecular formula is C11H14N4O4. The molecule has 8 heteroatoms. The Labute approximate surface area is 109 Å². The second-order valence-electron chi connectivity index (χ2n) is 4.23. The van der Waals surface area contributed by atoms with Crippen molar-refractivity contribution >= 4 is 17.8 Å². The maximum absolute atomic E-state index is 12.1. The van der Waals surface area contributed by atoms with Crippen LogP contribution in [0, 0.1) is 0 Å². The van der Waals surface area contributed by atoms with Crippen LogP contribution in [0.4, 0.5) is 0 Å². The highest BCUT2D eigenvalue weighted by molar-refractivity contribution is 6.31. The monoisotopic (exact) mass is 266 g/mol. The van der Waals surface area contributed by atoms with Gasteiger partial charge in [-0.25, -0.2) is 4.79 Å². The summed E-state index contributed by atoms with van der Waals surface area (Å²) in [7, 11) is 1.68. The maximum atomic E-state index is 12.1. The average molecular weight is 266 g/mol. The maximum Gasteiger partial charge on any atom is 0.394 e. The van der Waals surface area contributed by atoms with Gasteiger partial charge in [-0.15, -0.1) is 0 Å². The Morgan fingerprint density at radius 1 is 1.16 bits per heavy atom. The fourth-order valence-corrected chi connectivity index (χ4v) is 1.99. The number of hydrogen-bond donors (Lipinski definition) is 1. The molecule has 2 heterocycles. The van der Waals surface area contributed by atoms with E-state index in [1.807, 2.05) is 0 Å². The third-order valence-corrected chi connectivity index (χ3v) is 3.08. The lowest BCUT2D eigenvalue weighted by Gasteiger charge is -2.33. The number of piperazine rings is 1. The zero-order valence-corrected chi connectivity index (χ0v) is 10.4. The second kappa shape index (κ2) is 5.09. The second-order valence-corrected chi connectivity index (χ2v) is 4.23. The van der Waals surface area contributed by atoms with Gasteiger partial charge in [0.25, 0.3) is 5.91 Å². The molecule has 1 saturated heterocycles. The molecule has 1 aromatic heterocycles. The largest absolute Gasteiger partial charge is 0.474 e. The predicted octanol–water partition coefficient (Wildman–Crippen LogP) is -1.21. The van der Waals surface area contributed by atoms with Gasteiger partial charge in [0.15, 0.2) is 0 Å². The summed E-state index contributed by atoms with van der Waals surface area (Å²) in [4.78, 5) is 36.8. The molecule has 2 amide bonds. The lowest BCUT2D eigenvalue weighted by Crippen LogP contribution is -2.52. The van der Waals surface area contributed by atoms with Crippen LogP contribution in [-0.4, -0.2) is 68.6 Å². The molecule has 2 rings (SSSR count). The van der Waals surface area contributed by atoms with Gasteiger partial charge in [0.2, 0.25) is 0 Å². The molecule has 0 radical (unpaired) electrons. The van der Waals surface area contributed by atoms with Crippen LogP contribution in [0.5, 0.6) is 0 Å². The number of hydrogen-bond acceptors (Lipinski definition) is 4. The van der Waals surface area contributed by atoms with Crippen LogP contribution in [0.15, 0.2) is 12.3 Å². The van der Waals surface area contributed by atoms with Crippen molar-refractivity contribution in [3.63, 3.8) is 0 Å². The van der Waals surface area contributed by atoms with Crippen LogP contribution in [0.1, 0.15) is 10.5 Å². The molecule has 0 aliphatic carbocycles. The van der Waals surface area contributed by atoms with E-state index in [0.717, 1.165) is 0 Å². The first kappa shape index (κ1) is 13.1. The van der Waals surface area contributed by atoms with E-state index in [4.69, 9.17) is 5.11 Å². The van der Waals surface area contributed by atoms with Crippen molar-refractivity contribution in [3.05, 3.63) is 18.0 Å². The van der Waals surface area contributed by atoms with E-state index in [9.17, 15) is 14.4 Å². The molecule has 1 aromatic rings. The minimum absolute atomic E-state index is 0.164. The van der Waals surface area contributed by atoms with Gasteiger partial charge in [0.05, 0.1) is 0 Å². The lowest BCUT2D eigenvalue weighted by atomic mass is 10.2. The minimum atomic E-state index is -1.47. The molecule has 102 valence electrons. The molecule has 1 aliphatic rings. The SMILES string of the molecule is Cn1nccc1C(=O)N1CCN(C(=O)C(=O)O)CC1. The summed E-state index contributed by atoms with van der Waals surface area (Å²) in [6, 6.07) is 1.62. The highest BCUT2D eigenvalue weighted by Gasteiger charge is 2.28. The minimum Gasteiger partial charge on any atom is -0.474 e. The zero-order valence-electron chi connectivity index (χ0n) is 10.4. The molecule has 0 unspecified atom stereocenters. The summed E-state index contributed by atoms with van der Waals surface area (Å²) in [6.07, 6.45) is 1.54. The van der Waals surface area contributed by atoms with Crippen molar-refractivity contribution < 1.29 is 19.5 Å². The summed E-state index contributed by atoms with van der Waals surface area (Å²) in [5.74, 6) is -2.55. The summed E-state index contributed by atoms with van der Waals surface area (Å²) < 4.78 is 1.48. The van der Waals surface area contributed by atoms with E-state index in [0.29, 0.717) is 18.8 Å². The third-order valence-electron chi connectivity index (χ3n) is 3.08. The number of aromatic nitrogens is 2. The summed E-state index contributed by atoms with van der Waals surface area (Å²) >= 11 is 0. The van der Waals surface area contributed by atoms with Gasteiger partial charge >= 0.3 is 11.9 Å². The number of rotatable bonds is 1. The van der Waals surface area contributed by atoms with E-state index >= 15 is 0 Å². The number of aryl methyl sites for hydroxylation is 1. The number of amides is 2. The van der Waals surface area contributed by atoms with Crippen molar-refractivity contribution in [2.45, 2.75) is 0 Å². The third kappa shape index (κ3) is 2.56. The van der Waals surface area contributed by atoms with Crippen LogP contribution in [0.3, 0.4) is 0 Å². The highest BCUT2D eigenvalue weighted by atomic mass is 16.4. The van der Waals surface area contributed by atoms with Gasteiger partial charge in [0.1, 0.15) is 5.69 Å². The Bertz CT molecular complexity index is 517. The predicted molar refractivity (Wildman–Crippen MR) is 63.3 cm³/mol. The molecule has 8 nitrogen and oxygen atoms in total. The first-order valence-corrected chi connectivity index (χ1v) is 5.80. The van der Waals surface area contributed by atoms with Gasteiger partial charge < -0.3 is 14.9 Å². The molecular weight excluding hydrogens is 252 g/mol. The number of aliphatic carboxylic acids is 1. The van der Waals surface area contributed by atoms with Crippen molar-refractivity contribution in [3.8, 4) is 0 Å². The molecule has 1 N–H and O–H groups in total. The van der Waals surface area contributed by atoms with Gasteiger partial charge in [0, 0.05) is 39.4 Å². The number of carbonyl (C=O) groups is 3. The number of carbonyl (C=O) groups excluding carboxylic acids is 2. The lowest BCUT2D eigenvalue weighted by molar-refractivity contribution is -0.156. The molecule has 0 bridgehead atoms. The Hall–Kier alpha value is -2.38. The Balaban J connectivity index is 1.97. The van der Waals surface area contributed by atoms with E-state index in [2.05, 4.69) is 5.10 Å². The van der Waals surface area contributed by atoms with E-state index in [-0.39, 0.29) is 19.0 Å². The first-order valence-electron chi connectivity index (χ1n) is 5.80. The Morgan fingerprint density at radius 3 is 2.21 bits per heavy atom. The van der Waals surface area contributed by atoms with Gasteiger partial charge in [-0.05, 0) is 6.07 Å². The molecule has 0 saturated carbocycles. The quantitative estimate of drug-likeness (QED) is 0.643. The smallest absolute Gasteiger partial charge is 0.394 e. The fourth-order valence-electron chi connectivity index (χ4n) is 1.99. The standard InChI is InChI=1S/C11H14N4O4/c1-13-8(2-3-12-13)9(16)14-4-6-15(7-5-14)10(17)11(18)19/h2-3H,4-7H2,1H3,(H,18,19). The number of carboxylic acids is 1. The molecule has 1 fully saturated rings. The fraction of sp³-hybridized carbons (Fsp3) is 0.455. The topological polar surface area (TPSA) is 95.7 Å². The van der Waals surface area contributed by atoms with E-state index in [1.165, 1.54) is 15.8 Å². The van der Waals surface area contributed by atoms with Crippen LogP contribution >= 0.6 is 0 Å². The highest BCUT2D eigenvalue weighted by Crippen LogP contribution is 2.08. The van der Waals surface area contributed by atoms with Gasteiger partial charge in [-0.3, -0.25) is 14.3 Å². The van der Waals surface area contributed by atoms with Crippen molar-refractivity contribution in [2.24, 2.45) is 7.05 Å². The van der Waals surface area contributed by atoms with Crippen LogP contribution < -0.4 is 0 Å². The average Bonchev–Trinajstić information content (AvgIpc) is 2.83. The molecule has 1 aliphatic heterocycles. The van der Waals surface area contributed by atoms with Crippen LogP contribution in [0.25, 0.3) is 0 Å². The van der Waals surface area contributed by atoms with Crippen molar-refractivity contribution in [1.82, 2.24) is 19.6 Å². The van der Waals surface area contributed by atoms with Crippen LogP contribution in [0.2, 0.25) is 0 Å². The van der Waals surface area contributed by atoms with Crippen molar-refractivity contribution in [2.75, 3.05) is 26.2 Å². The van der Waals surface area contributed by atoms with Gasteiger partial charge in [-0.2, -0.15) is 5.10 Å². The Kier molecular flexibility index (Phi) is 3.50. The zero-order chi connectivity index (χ0) is 14.0. The first-order chi connectivity index (χ1) is 9.00. The van der Waals surface area contributed by atoms with Crippen LogP contribution in [-0.2, 0) is 16.6 Å².